The van der Waals surface area contributed by atoms with Crippen LogP contribution in [0, 0.1) is 5.41 Å². The van der Waals surface area contributed by atoms with Crippen LogP contribution < -0.4 is 5.32 Å². The number of aromatic nitrogens is 1. The van der Waals surface area contributed by atoms with Crippen molar-refractivity contribution in [2.45, 2.75) is 45.7 Å². The molecule has 0 aliphatic heterocycles. The summed E-state index contributed by atoms with van der Waals surface area (Å²) in [5.74, 6) is 0. The van der Waals surface area contributed by atoms with Crippen molar-refractivity contribution in [1.29, 1.82) is 0 Å². The average Bonchev–Trinajstić information content (AvgIpc) is 2.92. The SMILES string of the molecule is CC1(C)CCCC1NCc1cccc2[nH]ccc12. The number of hydrogen-bond acceptors (Lipinski definition) is 1. The predicted octanol–water partition coefficient (Wildman–Crippen LogP) is 3.84. The van der Waals surface area contributed by atoms with Crippen LogP contribution in [-0.4, -0.2) is 11.0 Å². The number of rotatable bonds is 3. The van der Waals surface area contributed by atoms with Crippen LogP contribution >= 0.6 is 0 Å². The Bertz CT molecular complexity index is 539. The number of fused-ring (bicyclic) bond motifs is 1. The fourth-order valence-corrected chi connectivity index (χ4v) is 3.24. The number of hydrogen-bond donors (Lipinski definition) is 2. The minimum absolute atomic E-state index is 0.450. The fourth-order valence-electron chi connectivity index (χ4n) is 3.24. The van der Waals surface area contributed by atoms with Gasteiger partial charge in [0, 0.05) is 29.7 Å². The molecule has 3 rings (SSSR count). The molecule has 0 saturated heterocycles. The summed E-state index contributed by atoms with van der Waals surface area (Å²) in [6.07, 6.45) is 6.04. The monoisotopic (exact) mass is 242 g/mol. The molecule has 96 valence electrons. The molecule has 18 heavy (non-hydrogen) atoms. The van der Waals surface area contributed by atoms with Crippen molar-refractivity contribution in [3.63, 3.8) is 0 Å². The molecular formula is C16H22N2. The van der Waals surface area contributed by atoms with Crippen LogP contribution in [0.1, 0.15) is 38.7 Å². The van der Waals surface area contributed by atoms with E-state index in [2.05, 4.69) is 48.4 Å². The second-order valence-electron chi connectivity index (χ2n) is 6.17. The third-order valence-corrected chi connectivity index (χ3v) is 4.48. The number of H-pyrrole nitrogens is 1. The number of benzene rings is 1. The molecule has 0 bridgehead atoms. The second kappa shape index (κ2) is 4.43. The minimum atomic E-state index is 0.450. The maximum absolute atomic E-state index is 3.76. The van der Waals surface area contributed by atoms with E-state index in [1.807, 2.05) is 6.20 Å². The van der Waals surface area contributed by atoms with Gasteiger partial charge in [0.2, 0.25) is 0 Å². The van der Waals surface area contributed by atoms with E-state index in [1.54, 1.807) is 0 Å². The smallest absolute Gasteiger partial charge is 0.0457 e. The largest absolute Gasteiger partial charge is 0.361 e. The Morgan fingerprint density at radius 3 is 3.00 bits per heavy atom. The van der Waals surface area contributed by atoms with Crippen molar-refractivity contribution in [2.75, 3.05) is 0 Å². The average molecular weight is 242 g/mol. The molecule has 1 aliphatic rings. The summed E-state index contributed by atoms with van der Waals surface area (Å²) in [5, 5.41) is 5.10. The lowest BCUT2D eigenvalue weighted by molar-refractivity contribution is 0.283. The highest BCUT2D eigenvalue weighted by molar-refractivity contribution is 5.82. The zero-order chi connectivity index (χ0) is 12.6. The normalized spacial score (nSPS) is 22.7. The van der Waals surface area contributed by atoms with Crippen molar-refractivity contribution in [3.05, 3.63) is 36.0 Å². The maximum Gasteiger partial charge on any atom is 0.0457 e. The molecule has 1 aromatic carbocycles. The molecular weight excluding hydrogens is 220 g/mol. The number of aromatic amines is 1. The van der Waals surface area contributed by atoms with Crippen LogP contribution in [-0.2, 0) is 6.54 Å². The molecule has 2 nitrogen and oxygen atoms in total. The molecule has 1 saturated carbocycles. The third kappa shape index (κ3) is 2.05. The molecule has 2 N–H and O–H groups in total. The topological polar surface area (TPSA) is 27.8 Å². The molecule has 0 radical (unpaired) electrons. The highest BCUT2D eigenvalue weighted by atomic mass is 14.9. The van der Waals surface area contributed by atoms with Gasteiger partial charge in [-0.3, -0.25) is 0 Å². The molecule has 2 aromatic rings. The summed E-state index contributed by atoms with van der Waals surface area (Å²) in [6.45, 7) is 5.74. The Labute approximate surface area is 109 Å². The van der Waals surface area contributed by atoms with Crippen LogP contribution in [0.15, 0.2) is 30.5 Å². The Hall–Kier alpha value is -1.28. The van der Waals surface area contributed by atoms with Gasteiger partial charge >= 0.3 is 0 Å². The molecule has 1 aromatic heterocycles. The minimum Gasteiger partial charge on any atom is -0.361 e. The quantitative estimate of drug-likeness (QED) is 0.841. The number of nitrogens with one attached hydrogen (secondary N) is 2. The lowest BCUT2D eigenvalue weighted by Gasteiger charge is -2.28. The fraction of sp³-hybridized carbons (Fsp3) is 0.500. The lowest BCUT2D eigenvalue weighted by atomic mass is 9.87. The van der Waals surface area contributed by atoms with Crippen molar-refractivity contribution >= 4 is 10.9 Å². The van der Waals surface area contributed by atoms with E-state index in [4.69, 9.17) is 0 Å². The summed E-state index contributed by atoms with van der Waals surface area (Å²) in [4.78, 5) is 3.28. The maximum atomic E-state index is 3.76. The Morgan fingerprint density at radius 2 is 2.22 bits per heavy atom. The van der Waals surface area contributed by atoms with Crippen molar-refractivity contribution in [1.82, 2.24) is 10.3 Å². The van der Waals surface area contributed by atoms with Gasteiger partial charge in [0.05, 0.1) is 0 Å². The third-order valence-electron chi connectivity index (χ3n) is 4.48. The molecule has 1 aliphatic carbocycles. The van der Waals surface area contributed by atoms with Crippen molar-refractivity contribution in [3.8, 4) is 0 Å². The Morgan fingerprint density at radius 1 is 1.33 bits per heavy atom. The summed E-state index contributed by atoms with van der Waals surface area (Å²) in [6, 6.07) is 9.33. The van der Waals surface area contributed by atoms with Gasteiger partial charge in [0.15, 0.2) is 0 Å². The van der Waals surface area contributed by atoms with E-state index < -0.39 is 0 Å². The van der Waals surface area contributed by atoms with Gasteiger partial charge < -0.3 is 10.3 Å². The van der Waals surface area contributed by atoms with E-state index >= 15 is 0 Å². The lowest BCUT2D eigenvalue weighted by Crippen LogP contribution is -2.37. The van der Waals surface area contributed by atoms with Crippen molar-refractivity contribution < 1.29 is 0 Å². The van der Waals surface area contributed by atoms with Crippen molar-refractivity contribution in [2.24, 2.45) is 5.41 Å². The first kappa shape index (κ1) is 11.8. The summed E-state index contributed by atoms with van der Waals surface area (Å²) < 4.78 is 0. The molecule has 2 heteroatoms. The highest BCUT2D eigenvalue weighted by Gasteiger charge is 2.33. The first-order valence-electron chi connectivity index (χ1n) is 6.95. The van der Waals surface area contributed by atoms with Crippen LogP contribution in [0.4, 0.5) is 0 Å². The van der Waals surface area contributed by atoms with Gasteiger partial charge in [-0.05, 0) is 36.0 Å². The van der Waals surface area contributed by atoms with E-state index in [1.165, 1.54) is 35.7 Å². The van der Waals surface area contributed by atoms with Crippen LogP contribution in [0.25, 0.3) is 10.9 Å². The summed E-state index contributed by atoms with van der Waals surface area (Å²) >= 11 is 0. The summed E-state index contributed by atoms with van der Waals surface area (Å²) in [5.41, 5.74) is 3.09. The van der Waals surface area contributed by atoms with Crippen LogP contribution in [0.5, 0.6) is 0 Å². The first-order valence-corrected chi connectivity index (χ1v) is 6.95. The van der Waals surface area contributed by atoms with Gasteiger partial charge in [0.25, 0.3) is 0 Å². The Kier molecular flexibility index (Phi) is 2.90. The van der Waals surface area contributed by atoms with E-state index in [0.717, 1.165) is 6.54 Å². The standard InChI is InChI=1S/C16H22N2/c1-16(2)9-4-7-15(16)18-11-12-5-3-6-14-13(12)8-10-17-14/h3,5-6,8,10,15,17-18H,4,7,9,11H2,1-2H3. The molecule has 1 heterocycles. The highest BCUT2D eigenvalue weighted by Crippen LogP contribution is 2.37. The van der Waals surface area contributed by atoms with E-state index in [9.17, 15) is 0 Å². The zero-order valence-electron chi connectivity index (χ0n) is 11.3. The first-order chi connectivity index (χ1) is 8.67. The second-order valence-corrected chi connectivity index (χ2v) is 6.17. The van der Waals surface area contributed by atoms with Gasteiger partial charge in [-0.25, -0.2) is 0 Å². The molecule has 1 fully saturated rings. The van der Waals surface area contributed by atoms with Gasteiger partial charge in [-0.1, -0.05) is 32.4 Å². The van der Waals surface area contributed by atoms with Gasteiger partial charge in [-0.2, -0.15) is 0 Å². The van der Waals surface area contributed by atoms with Gasteiger partial charge in [-0.15, -0.1) is 0 Å². The molecule has 1 atom stereocenters. The Balaban J connectivity index is 1.75. The summed E-state index contributed by atoms with van der Waals surface area (Å²) in [7, 11) is 0. The predicted molar refractivity (Wildman–Crippen MR) is 76.6 cm³/mol. The van der Waals surface area contributed by atoms with Gasteiger partial charge in [0.1, 0.15) is 0 Å². The van der Waals surface area contributed by atoms with E-state index in [-0.39, 0.29) is 0 Å². The van der Waals surface area contributed by atoms with E-state index in [0.29, 0.717) is 11.5 Å². The van der Waals surface area contributed by atoms with Crippen LogP contribution in [0.3, 0.4) is 0 Å². The molecule has 1 unspecified atom stereocenters. The van der Waals surface area contributed by atoms with Crippen LogP contribution in [0.2, 0.25) is 0 Å². The zero-order valence-corrected chi connectivity index (χ0v) is 11.3. The molecule has 0 spiro atoms. The molecule has 0 amide bonds.